The summed E-state index contributed by atoms with van der Waals surface area (Å²) in [5, 5.41) is 17.5. The van der Waals surface area contributed by atoms with Crippen LogP contribution in [0.4, 0.5) is 5.69 Å². The number of anilines is 1. The van der Waals surface area contributed by atoms with Gasteiger partial charge in [-0.25, -0.2) is 9.67 Å². The fourth-order valence-electron chi connectivity index (χ4n) is 5.34. The topological polar surface area (TPSA) is 122 Å². The minimum absolute atomic E-state index is 0.0176. The normalized spacial score (nSPS) is 16.7. The summed E-state index contributed by atoms with van der Waals surface area (Å²) < 4.78 is 7.12. The summed E-state index contributed by atoms with van der Waals surface area (Å²) in [7, 11) is 1.64. The van der Waals surface area contributed by atoms with Crippen molar-refractivity contribution in [3.63, 3.8) is 0 Å². The van der Waals surface area contributed by atoms with E-state index in [2.05, 4.69) is 10.3 Å². The van der Waals surface area contributed by atoms with Crippen molar-refractivity contribution in [1.82, 2.24) is 24.6 Å². The minimum atomic E-state index is -0.862. The van der Waals surface area contributed by atoms with Crippen LogP contribution < -0.4 is 5.32 Å². The molecule has 0 saturated heterocycles. The maximum absolute atomic E-state index is 11.9. The Balaban J connectivity index is 1.26. The second kappa shape index (κ2) is 10.8. The van der Waals surface area contributed by atoms with Crippen LogP contribution in [-0.4, -0.2) is 67.1 Å². The molecule has 11 heteroatoms. The van der Waals surface area contributed by atoms with Gasteiger partial charge in [-0.1, -0.05) is 6.07 Å². The van der Waals surface area contributed by atoms with Gasteiger partial charge in [0.2, 0.25) is 5.91 Å². The Kier molecular flexibility index (Phi) is 7.03. The van der Waals surface area contributed by atoms with E-state index in [4.69, 9.17) is 14.8 Å². The van der Waals surface area contributed by atoms with Crippen molar-refractivity contribution in [2.24, 2.45) is 0 Å². The summed E-state index contributed by atoms with van der Waals surface area (Å²) in [6, 6.07) is 11.8. The van der Waals surface area contributed by atoms with Gasteiger partial charge in [0.1, 0.15) is 5.52 Å². The molecule has 10 nitrogen and oxygen atoms in total. The molecule has 0 radical (unpaired) electrons. The Morgan fingerprint density at radius 2 is 2.18 bits per heavy atom. The number of carbonyl (C=O) groups excluding carboxylic acids is 1. The first-order valence-electron chi connectivity index (χ1n) is 12.8. The SMILES string of the molecule is COCc1ccc2nccc(-n3cc4c(n3)CCC(N(CC(=O)O)Cc3ccc5c(c3)NC(=O)CS5)C4)c2n1. The molecule has 200 valence electrons. The number of carboxylic acid groups (broad SMARTS) is 1. The number of aryl methyl sites for hydroxylation is 1. The maximum Gasteiger partial charge on any atom is 0.317 e. The van der Waals surface area contributed by atoms with E-state index in [9.17, 15) is 14.7 Å². The molecule has 0 spiro atoms. The molecule has 3 aromatic heterocycles. The molecule has 2 aliphatic rings. The molecule has 6 rings (SSSR count). The number of aromatic nitrogens is 4. The van der Waals surface area contributed by atoms with Gasteiger partial charge in [-0.15, -0.1) is 11.8 Å². The number of pyridine rings is 2. The van der Waals surface area contributed by atoms with Gasteiger partial charge in [-0.2, -0.15) is 5.10 Å². The molecule has 4 aromatic rings. The Bertz CT molecular complexity index is 1570. The molecule has 0 bridgehead atoms. The van der Waals surface area contributed by atoms with Gasteiger partial charge in [0.15, 0.2) is 0 Å². The minimum Gasteiger partial charge on any atom is -0.480 e. The standard InChI is InChI=1S/C28H28N6O4S/c1-38-15-19-3-5-22-28(30-19)24(8-9-29-22)34-13-18-11-20(4-6-21(18)32-34)33(14-27(36)37)12-17-2-7-25-23(10-17)31-26(35)16-39-25/h2-3,5,7-10,13,20H,4,6,11-12,14-16H2,1H3,(H,31,35)(H,36,37). The number of aliphatic carboxylic acids is 1. The third kappa shape index (κ3) is 5.38. The monoisotopic (exact) mass is 544 g/mol. The van der Waals surface area contributed by atoms with Gasteiger partial charge in [-0.3, -0.25) is 19.5 Å². The second-order valence-electron chi connectivity index (χ2n) is 9.84. The lowest BCUT2D eigenvalue weighted by Crippen LogP contribution is -2.41. The lowest BCUT2D eigenvalue weighted by Gasteiger charge is -2.33. The Labute approximate surface area is 229 Å². The van der Waals surface area contributed by atoms with Gasteiger partial charge in [0.25, 0.3) is 0 Å². The molecule has 1 amide bonds. The number of hydrogen-bond acceptors (Lipinski definition) is 8. The van der Waals surface area contributed by atoms with Crippen LogP contribution in [0.2, 0.25) is 0 Å². The van der Waals surface area contributed by atoms with Crippen molar-refractivity contribution < 1.29 is 19.4 Å². The highest BCUT2D eigenvalue weighted by molar-refractivity contribution is 8.00. The van der Waals surface area contributed by atoms with Crippen LogP contribution >= 0.6 is 11.8 Å². The van der Waals surface area contributed by atoms with Gasteiger partial charge >= 0.3 is 5.97 Å². The lowest BCUT2D eigenvalue weighted by atomic mass is 9.92. The number of carbonyl (C=O) groups is 2. The average molecular weight is 545 g/mol. The predicted molar refractivity (Wildman–Crippen MR) is 147 cm³/mol. The summed E-state index contributed by atoms with van der Waals surface area (Å²) in [4.78, 5) is 35.9. The van der Waals surface area contributed by atoms with Crippen molar-refractivity contribution in [2.45, 2.75) is 43.4 Å². The highest BCUT2D eigenvalue weighted by Crippen LogP contribution is 2.33. The van der Waals surface area contributed by atoms with E-state index < -0.39 is 5.97 Å². The average Bonchev–Trinajstić information content (AvgIpc) is 3.35. The van der Waals surface area contributed by atoms with E-state index in [-0.39, 0.29) is 18.5 Å². The third-order valence-electron chi connectivity index (χ3n) is 7.12. The van der Waals surface area contributed by atoms with Crippen LogP contribution in [-0.2, 0) is 40.3 Å². The van der Waals surface area contributed by atoms with E-state index in [1.54, 1.807) is 13.3 Å². The van der Waals surface area contributed by atoms with Crippen molar-refractivity contribution in [3.05, 3.63) is 71.3 Å². The molecule has 2 N–H and O–H groups in total. The fourth-order valence-corrected chi connectivity index (χ4v) is 6.13. The van der Waals surface area contributed by atoms with Crippen LogP contribution in [0.3, 0.4) is 0 Å². The van der Waals surface area contributed by atoms with E-state index in [1.807, 2.05) is 52.2 Å². The van der Waals surface area contributed by atoms with Gasteiger partial charge in [-0.05, 0) is 60.7 Å². The number of thioether (sulfide) groups is 1. The molecule has 0 fully saturated rings. The van der Waals surface area contributed by atoms with Crippen LogP contribution in [0.25, 0.3) is 16.7 Å². The summed E-state index contributed by atoms with van der Waals surface area (Å²) in [6.45, 7) is 0.833. The number of nitrogens with zero attached hydrogens (tertiary/aromatic N) is 5. The van der Waals surface area contributed by atoms with Gasteiger partial charge in [0, 0.05) is 37.0 Å². The first-order valence-corrected chi connectivity index (χ1v) is 13.8. The summed E-state index contributed by atoms with van der Waals surface area (Å²) in [6.07, 6.45) is 6.05. The quantitative estimate of drug-likeness (QED) is 0.343. The van der Waals surface area contributed by atoms with Crippen LogP contribution in [0.5, 0.6) is 0 Å². The smallest absolute Gasteiger partial charge is 0.317 e. The van der Waals surface area contributed by atoms with E-state index >= 15 is 0 Å². The zero-order valence-corrected chi connectivity index (χ0v) is 22.3. The Morgan fingerprint density at radius 1 is 1.28 bits per heavy atom. The zero-order chi connectivity index (χ0) is 26.9. The predicted octanol–water partition coefficient (Wildman–Crippen LogP) is 3.45. The number of rotatable bonds is 8. The third-order valence-corrected chi connectivity index (χ3v) is 8.20. The molecule has 1 aromatic carbocycles. The van der Waals surface area contributed by atoms with Crippen molar-refractivity contribution in [1.29, 1.82) is 0 Å². The molecule has 39 heavy (non-hydrogen) atoms. The van der Waals surface area contributed by atoms with Gasteiger partial charge < -0.3 is 15.2 Å². The molecule has 0 saturated carbocycles. The summed E-state index contributed by atoms with van der Waals surface area (Å²) >= 11 is 1.52. The molecule has 4 heterocycles. The van der Waals surface area contributed by atoms with Crippen molar-refractivity contribution in [3.8, 4) is 5.69 Å². The van der Waals surface area contributed by atoms with Crippen LogP contribution in [0.1, 0.15) is 28.9 Å². The summed E-state index contributed by atoms with van der Waals surface area (Å²) in [5.74, 6) is -0.467. The number of nitrogens with one attached hydrogen (secondary N) is 1. The molecular formula is C28H28N6O4S. The van der Waals surface area contributed by atoms with E-state index in [1.165, 1.54) is 11.8 Å². The van der Waals surface area contributed by atoms with Crippen molar-refractivity contribution >= 4 is 40.4 Å². The Hall–Kier alpha value is -3.80. The van der Waals surface area contributed by atoms with E-state index in [0.717, 1.165) is 62.7 Å². The number of benzene rings is 1. The van der Waals surface area contributed by atoms with Crippen LogP contribution in [0, 0.1) is 0 Å². The molecule has 1 aliphatic heterocycles. The number of fused-ring (bicyclic) bond motifs is 3. The van der Waals surface area contributed by atoms with Gasteiger partial charge in [0.05, 0.1) is 47.2 Å². The number of amides is 1. The van der Waals surface area contributed by atoms with E-state index in [0.29, 0.717) is 25.3 Å². The Morgan fingerprint density at radius 3 is 3.03 bits per heavy atom. The fraction of sp³-hybridized carbons (Fsp3) is 0.321. The molecule has 1 atom stereocenters. The number of methoxy groups -OCH3 is 1. The molecular weight excluding hydrogens is 516 g/mol. The second-order valence-corrected chi connectivity index (χ2v) is 10.9. The largest absolute Gasteiger partial charge is 0.480 e. The molecule has 1 unspecified atom stereocenters. The summed E-state index contributed by atoms with van der Waals surface area (Å²) in [5.41, 5.74) is 7.10. The highest BCUT2D eigenvalue weighted by Gasteiger charge is 2.29. The highest BCUT2D eigenvalue weighted by atomic mass is 32.2. The number of hydrogen-bond donors (Lipinski definition) is 2. The first kappa shape index (κ1) is 25.5. The van der Waals surface area contributed by atoms with Crippen molar-refractivity contribution in [2.75, 3.05) is 24.7 Å². The van der Waals surface area contributed by atoms with Crippen LogP contribution in [0.15, 0.2) is 53.7 Å². The zero-order valence-electron chi connectivity index (χ0n) is 21.5. The molecule has 1 aliphatic carbocycles. The maximum atomic E-state index is 11.9. The first-order chi connectivity index (χ1) is 19.0. The number of ether oxygens (including phenoxy) is 1. The lowest BCUT2D eigenvalue weighted by molar-refractivity contribution is -0.139. The number of carboxylic acids is 1.